The first-order valence-corrected chi connectivity index (χ1v) is 5.81. The van der Waals surface area contributed by atoms with Crippen molar-refractivity contribution >= 4 is 0 Å². The Hall–Kier alpha value is -1.06. The molecule has 1 aromatic carbocycles. The summed E-state index contributed by atoms with van der Waals surface area (Å²) in [6, 6.07) is 9.81. The summed E-state index contributed by atoms with van der Waals surface area (Å²) in [5.41, 5.74) is 0. The van der Waals surface area contributed by atoms with Crippen LogP contribution in [0.4, 0.5) is 0 Å². The molecule has 87 valence electrons. The quantitative estimate of drug-likeness (QED) is 0.770. The van der Waals surface area contributed by atoms with Crippen molar-refractivity contribution in [2.75, 3.05) is 19.8 Å². The standard InChI is InChI=1S/C13H18NO2/c1-2-6-12(7-3-1)15-10-11-16-13-8-4-5-9-14-13/h1-3,6-8,13-14H,4-5,9-11H2. The van der Waals surface area contributed by atoms with Crippen LogP contribution in [0.5, 0.6) is 5.75 Å². The second-order valence-corrected chi connectivity index (χ2v) is 3.78. The predicted octanol–water partition coefficient (Wildman–Crippen LogP) is 2.00. The largest absolute Gasteiger partial charge is 0.491 e. The van der Waals surface area contributed by atoms with E-state index in [9.17, 15) is 0 Å². The Morgan fingerprint density at radius 2 is 2.06 bits per heavy atom. The van der Waals surface area contributed by atoms with E-state index in [4.69, 9.17) is 9.47 Å². The Kier molecular flexibility index (Phi) is 4.65. The van der Waals surface area contributed by atoms with Crippen molar-refractivity contribution in [3.8, 4) is 5.75 Å². The van der Waals surface area contributed by atoms with Crippen molar-refractivity contribution in [1.82, 2.24) is 5.32 Å². The molecule has 0 amide bonds. The zero-order valence-corrected chi connectivity index (χ0v) is 9.39. The summed E-state index contributed by atoms with van der Waals surface area (Å²) in [6.07, 6.45) is 4.62. The summed E-state index contributed by atoms with van der Waals surface area (Å²) in [5, 5.41) is 3.28. The van der Waals surface area contributed by atoms with Gasteiger partial charge in [-0.15, -0.1) is 0 Å². The second-order valence-electron chi connectivity index (χ2n) is 3.78. The summed E-state index contributed by atoms with van der Waals surface area (Å²) in [4.78, 5) is 0. The van der Waals surface area contributed by atoms with Gasteiger partial charge in [0.15, 0.2) is 0 Å². The van der Waals surface area contributed by atoms with Crippen LogP contribution in [-0.2, 0) is 4.74 Å². The van der Waals surface area contributed by atoms with E-state index in [1.807, 2.05) is 30.3 Å². The van der Waals surface area contributed by atoms with E-state index in [0.717, 1.165) is 18.7 Å². The monoisotopic (exact) mass is 220 g/mol. The van der Waals surface area contributed by atoms with Crippen LogP contribution in [0.1, 0.15) is 12.8 Å². The van der Waals surface area contributed by atoms with Gasteiger partial charge in [-0.25, -0.2) is 0 Å². The minimum Gasteiger partial charge on any atom is -0.491 e. The highest BCUT2D eigenvalue weighted by Gasteiger charge is 2.12. The minimum atomic E-state index is 0.105. The van der Waals surface area contributed by atoms with Crippen LogP contribution in [0.25, 0.3) is 0 Å². The maximum atomic E-state index is 5.61. The van der Waals surface area contributed by atoms with Crippen LogP contribution >= 0.6 is 0 Å². The summed E-state index contributed by atoms with van der Waals surface area (Å²) < 4.78 is 11.1. The number of nitrogens with one attached hydrogen (secondary N) is 1. The normalized spacial score (nSPS) is 20.6. The number of ether oxygens (including phenoxy) is 2. The molecule has 1 aliphatic heterocycles. The lowest BCUT2D eigenvalue weighted by atomic mass is 10.1. The number of hydrogen-bond donors (Lipinski definition) is 1. The summed E-state index contributed by atoms with van der Waals surface area (Å²) >= 11 is 0. The van der Waals surface area contributed by atoms with Crippen LogP contribution in [0, 0.1) is 6.42 Å². The lowest BCUT2D eigenvalue weighted by molar-refractivity contribution is 0.0246. The van der Waals surface area contributed by atoms with Crippen LogP contribution < -0.4 is 10.1 Å². The number of hydrogen-bond acceptors (Lipinski definition) is 3. The maximum Gasteiger partial charge on any atom is 0.119 e. The molecule has 0 aromatic heterocycles. The van der Waals surface area contributed by atoms with Gasteiger partial charge in [0.05, 0.1) is 6.61 Å². The molecule has 1 unspecified atom stereocenters. The van der Waals surface area contributed by atoms with E-state index in [0.29, 0.717) is 13.2 Å². The van der Waals surface area contributed by atoms with Gasteiger partial charge in [-0.1, -0.05) is 18.2 Å². The average molecular weight is 220 g/mol. The molecular weight excluding hydrogens is 202 g/mol. The third kappa shape index (κ3) is 3.83. The van der Waals surface area contributed by atoms with E-state index < -0.39 is 0 Å². The van der Waals surface area contributed by atoms with Crippen molar-refractivity contribution < 1.29 is 9.47 Å². The number of rotatable bonds is 5. The van der Waals surface area contributed by atoms with Crippen molar-refractivity contribution in [1.29, 1.82) is 0 Å². The van der Waals surface area contributed by atoms with Gasteiger partial charge >= 0.3 is 0 Å². The van der Waals surface area contributed by atoms with Gasteiger partial charge in [-0.05, 0) is 31.5 Å². The fourth-order valence-corrected chi connectivity index (χ4v) is 1.68. The zero-order valence-electron chi connectivity index (χ0n) is 9.39. The molecule has 0 aliphatic carbocycles. The van der Waals surface area contributed by atoms with Crippen LogP contribution in [0.3, 0.4) is 0 Å². The smallest absolute Gasteiger partial charge is 0.119 e. The van der Waals surface area contributed by atoms with Crippen molar-refractivity contribution in [2.45, 2.75) is 19.1 Å². The number of benzene rings is 1. The van der Waals surface area contributed by atoms with Gasteiger partial charge in [0, 0.05) is 6.42 Å². The molecule has 1 aromatic rings. The molecule has 3 heteroatoms. The molecule has 1 N–H and O–H groups in total. The summed E-state index contributed by atoms with van der Waals surface area (Å²) in [5.74, 6) is 0.895. The molecule has 1 aliphatic rings. The van der Waals surface area contributed by atoms with Crippen molar-refractivity contribution in [2.24, 2.45) is 0 Å². The fraction of sp³-hybridized carbons (Fsp3) is 0.462. The average Bonchev–Trinajstić information content (AvgIpc) is 2.37. The van der Waals surface area contributed by atoms with Crippen molar-refractivity contribution in [3.63, 3.8) is 0 Å². The Bertz CT molecular complexity index is 283. The zero-order chi connectivity index (χ0) is 11.1. The maximum absolute atomic E-state index is 5.61. The SMILES string of the molecule is [CH]1CCCNC1OCCOc1ccccc1. The molecular formula is C13H18NO2. The Morgan fingerprint density at radius 1 is 1.19 bits per heavy atom. The van der Waals surface area contributed by atoms with Crippen LogP contribution in [0.15, 0.2) is 30.3 Å². The molecule has 16 heavy (non-hydrogen) atoms. The van der Waals surface area contributed by atoms with Gasteiger partial charge in [-0.2, -0.15) is 0 Å². The molecule has 3 nitrogen and oxygen atoms in total. The first-order valence-electron chi connectivity index (χ1n) is 5.81. The van der Waals surface area contributed by atoms with Crippen molar-refractivity contribution in [3.05, 3.63) is 36.8 Å². The van der Waals surface area contributed by atoms with Gasteiger partial charge in [0.25, 0.3) is 0 Å². The molecule has 1 saturated heterocycles. The minimum absolute atomic E-state index is 0.105. The van der Waals surface area contributed by atoms with Gasteiger partial charge in [0.2, 0.25) is 0 Å². The Balaban J connectivity index is 1.58. The van der Waals surface area contributed by atoms with E-state index in [1.54, 1.807) is 0 Å². The van der Waals surface area contributed by atoms with E-state index in [1.165, 1.54) is 6.42 Å². The highest BCUT2D eigenvalue weighted by molar-refractivity contribution is 5.20. The van der Waals surface area contributed by atoms with Gasteiger partial charge in [-0.3, -0.25) is 5.32 Å². The molecule has 0 spiro atoms. The molecule has 2 rings (SSSR count). The highest BCUT2D eigenvalue weighted by Crippen LogP contribution is 2.09. The molecule has 1 heterocycles. The van der Waals surface area contributed by atoms with E-state index in [-0.39, 0.29) is 6.23 Å². The third-order valence-corrected chi connectivity index (χ3v) is 2.50. The molecule has 1 fully saturated rings. The molecule has 0 bridgehead atoms. The summed E-state index contributed by atoms with van der Waals surface area (Å²) in [6.45, 7) is 2.25. The third-order valence-electron chi connectivity index (χ3n) is 2.50. The first kappa shape index (κ1) is 11.4. The van der Waals surface area contributed by atoms with Gasteiger partial charge in [0.1, 0.15) is 18.6 Å². The van der Waals surface area contributed by atoms with E-state index >= 15 is 0 Å². The molecule has 1 radical (unpaired) electrons. The lowest BCUT2D eigenvalue weighted by Crippen LogP contribution is -2.37. The summed E-state index contributed by atoms with van der Waals surface area (Å²) in [7, 11) is 0. The van der Waals surface area contributed by atoms with E-state index in [2.05, 4.69) is 11.7 Å². The second kappa shape index (κ2) is 6.51. The van der Waals surface area contributed by atoms with Gasteiger partial charge < -0.3 is 9.47 Å². The Morgan fingerprint density at radius 3 is 2.81 bits per heavy atom. The number of piperidine rings is 1. The van der Waals surface area contributed by atoms with Crippen LogP contribution in [0.2, 0.25) is 0 Å². The molecule has 1 atom stereocenters. The topological polar surface area (TPSA) is 30.5 Å². The van der Waals surface area contributed by atoms with Crippen LogP contribution in [-0.4, -0.2) is 26.0 Å². The molecule has 0 saturated carbocycles. The number of para-hydroxylation sites is 1. The Labute approximate surface area is 96.8 Å². The first-order chi connectivity index (χ1) is 7.95. The fourth-order valence-electron chi connectivity index (χ4n) is 1.68. The highest BCUT2D eigenvalue weighted by atomic mass is 16.5. The predicted molar refractivity (Wildman–Crippen MR) is 63.2 cm³/mol. The lowest BCUT2D eigenvalue weighted by Gasteiger charge is -2.23.